The molecule has 3 aromatic rings. The van der Waals surface area contributed by atoms with Gasteiger partial charge in [-0.15, -0.1) is 11.3 Å². The van der Waals surface area contributed by atoms with E-state index in [9.17, 15) is 17.6 Å². The third-order valence-corrected chi connectivity index (χ3v) is 6.46. The number of carbonyl (C=O) groups excluding carboxylic acids is 1. The Kier molecular flexibility index (Phi) is 4.78. The molecule has 1 amide bonds. The molecule has 3 rings (SSSR count). The zero-order valence-electron chi connectivity index (χ0n) is 14.3. The zero-order chi connectivity index (χ0) is 19.1. The van der Waals surface area contributed by atoms with E-state index >= 15 is 0 Å². The SMILES string of the molecule is Cc1nc2ccc(NC(=O)c3cc(S(=O)(=O)N(C)C)ccc3F)cc2s1. The lowest BCUT2D eigenvalue weighted by Crippen LogP contribution is -2.23. The summed E-state index contributed by atoms with van der Waals surface area (Å²) in [6.45, 7) is 1.88. The quantitative estimate of drug-likeness (QED) is 0.738. The largest absolute Gasteiger partial charge is 0.322 e. The van der Waals surface area contributed by atoms with Gasteiger partial charge >= 0.3 is 0 Å². The number of thiazole rings is 1. The monoisotopic (exact) mass is 393 g/mol. The van der Waals surface area contributed by atoms with Crippen LogP contribution in [0.4, 0.5) is 10.1 Å². The van der Waals surface area contributed by atoms with E-state index in [4.69, 9.17) is 0 Å². The molecule has 6 nitrogen and oxygen atoms in total. The van der Waals surface area contributed by atoms with Gasteiger partial charge in [0.05, 0.1) is 25.7 Å². The minimum atomic E-state index is -3.77. The molecule has 0 bridgehead atoms. The highest BCUT2D eigenvalue weighted by molar-refractivity contribution is 7.89. The molecule has 0 radical (unpaired) electrons. The molecule has 0 atom stereocenters. The van der Waals surface area contributed by atoms with E-state index < -0.39 is 21.7 Å². The van der Waals surface area contributed by atoms with Crippen molar-refractivity contribution >= 4 is 43.2 Å². The number of rotatable bonds is 4. The fourth-order valence-corrected chi connectivity index (χ4v) is 4.16. The number of aryl methyl sites for hydroxylation is 1. The summed E-state index contributed by atoms with van der Waals surface area (Å²) >= 11 is 1.48. The molecular formula is C17H16FN3O3S2. The normalized spacial score (nSPS) is 11.9. The predicted molar refractivity (Wildman–Crippen MR) is 99.6 cm³/mol. The number of aromatic nitrogens is 1. The summed E-state index contributed by atoms with van der Waals surface area (Å²) in [5.74, 6) is -1.52. The van der Waals surface area contributed by atoms with Crippen molar-refractivity contribution in [1.82, 2.24) is 9.29 Å². The molecule has 9 heteroatoms. The van der Waals surface area contributed by atoms with Gasteiger partial charge in [-0.1, -0.05) is 0 Å². The second-order valence-corrected chi connectivity index (χ2v) is 9.19. The number of hydrogen-bond donors (Lipinski definition) is 1. The van der Waals surface area contributed by atoms with Gasteiger partial charge in [-0.05, 0) is 43.3 Å². The zero-order valence-corrected chi connectivity index (χ0v) is 15.9. The molecule has 0 spiro atoms. The fourth-order valence-electron chi connectivity index (χ4n) is 2.37. The highest BCUT2D eigenvalue weighted by atomic mass is 32.2. The predicted octanol–water partition coefficient (Wildman–Crippen LogP) is 3.25. The van der Waals surface area contributed by atoms with Crippen molar-refractivity contribution in [1.29, 1.82) is 0 Å². The van der Waals surface area contributed by atoms with E-state index in [1.165, 1.54) is 25.4 Å². The number of benzene rings is 2. The highest BCUT2D eigenvalue weighted by Crippen LogP contribution is 2.25. The smallest absolute Gasteiger partial charge is 0.258 e. The van der Waals surface area contributed by atoms with Crippen LogP contribution in [-0.4, -0.2) is 37.7 Å². The Morgan fingerprint density at radius 1 is 1.19 bits per heavy atom. The Bertz CT molecular complexity index is 1110. The topological polar surface area (TPSA) is 79.4 Å². The molecule has 136 valence electrons. The van der Waals surface area contributed by atoms with Crippen molar-refractivity contribution in [3.8, 4) is 0 Å². The van der Waals surface area contributed by atoms with Crippen LogP contribution in [0.25, 0.3) is 10.2 Å². The molecule has 1 aromatic heterocycles. The van der Waals surface area contributed by atoms with E-state index in [2.05, 4.69) is 10.3 Å². The van der Waals surface area contributed by atoms with Crippen LogP contribution < -0.4 is 5.32 Å². The number of fused-ring (bicyclic) bond motifs is 1. The van der Waals surface area contributed by atoms with Crippen molar-refractivity contribution in [2.24, 2.45) is 0 Å². The lowest BCUT2D eigenvalue weighted by atomic mass is 10.2. The molecule has 0 aliphatic carbocycles. The third-order valence-electron chi connectivity index (χ3n) is 3.71. The van der Waals surface area contributed by atoms with Crippen LogP contribution in [0.15, 0.2) is 41.3 Å². The van der Waals surface area contributed by atoms with E-state index in [0.29, 0.717) is 5.69 Å². The van der Waals surface area contributed by atoms with E-state index in [0.717, 1.165) is 37.7 Å². The van der Waals surface area contributed by atoms with Gasteiger partial charge in [0.1, 0.15) is 5.82 Å². The first kappa shape index (κ1) is 18.4. The van der Waals surface area contributed by atoms with Crippen LogP contribution >= 0.6 is 11.3 Å². The van der Waals surface area contributed by atoms with E-state index in [-0.39, 0.29) is 10.5 Å². The maximum absolute atomic E-state index is 14.1. The number of amides is 1. The molecule has 0 unspecified atom stereocenters. The standard InChI is InChI=1S/C17H16FN3O3S2/c1-10-19-15-7-4-11(8-16(15)25-10)20-17(22)13-9-12(5-6-14(13)18)26(23,24)21(2)3/h4-9H,1-3H3,(H,20,22). The number of carbonyl (C=O) groups is 1. The second kappa shape index (κ2) is 6.75. The summed E-state index contributed by atoms with van der Waals surface area (Å²) in [6.07, 6.45) is 0. The molecule has 0 saturated carbocycles. The number of nitrogens with zero attached hydrogens (tertiary/aromatic N) is 2. The molecule has 1 N–H and O–H groups in total. The van der Waals surface area contributed by atoms with Gasteiger partial charge in [-0.3, -0.25) is 4.79 Å². The molecule has 2 aromatic carbocycles. The summed E-state index contributed by atoms with van der Waals surface area (Å²) in [7, 11) is -1.04. The summed E-state index contributed by atoms with van der Waals surface area (Å²) in [6, 6.07) is 8.32. The Hall–Kier alpha value is -2.36. The first-order valence-electron chi connectivity index (χ1n) is 7.59. The van der Waals surface area contributed by atoms with Crippen LogP contribution in [0, 0.1) is 12.7 Å². The fraction of sp³-hybridized carbons (Fsp3) is 0.176. The third kappa shape index (κ3) is 3.46. The second-order valence-electron chi connectivity index (χ2n) is 5.80. The van der Waals surface area contributed by atoms with Gasteiger partial charge in [-0.25, -0.2) is 22.1 Å². The number of anilines is 1. The Morgan fingerprint density at radius 2 is 1.92 bits per heavy atom. The van der Waals surface area contributed by atoms with Gasteiger partial charge in [0.15, 0.2) is 0 Å². The first-order valence-corrected chi connectivity index (χ1v) is 9.85. The van der Waals surface area contributed by atoms with E-state index in [1.807, 2.05) is 6.92 Å². The molecule has 0 aliphatic heterocycles. The Labute approximate surface area is 154 Å². The molecule has 0 saturated heterocycles. The van der Waals surface area contributed by atoms with E-state index in [1.54, 1.807) is 18.2 Å². The average molecular weight is 393 g/mol. The van der Waals surface area contributed by atoms with Gasteiger partial charge in [0.25, 0.3) is 5.91 Å². The maximum atomic E-state index is 14.1. The number of nitrogens with one attached hydrogen (secondary N) is 1. The van der Waals surface area contributed by atoms with Crippen molar-refractivity contribution in [3.63, 3.8) is 0 Å². The van der Waals surface area contributed by atoms with Gasteiger partial charge in [0, 0.05) is 19.8 Å². The molecule has 0 fully saturated rings. The van der Waals surface area contributed by atoms with Crippen LogP contribution in [0.1, 0.15) is 15.4 Å². The van der Waals surface area contributed by atoms with Crippen LogP contribution in [0.3, 0.4) is 0 Å². The van der Waals surface area contributed by atoms with Crippen molar-refractivity contribution in [2.75, 3.05) is 19.4 Å². The molecule has 26 heavy (non-hydrogen) atoms. The lowest BCUT2D eigenvalue weighted by Gasteiger charge is -2.13. The summed E-state index contributed by atoms with van der Waals surface area (Å²) in [5, 5.41) is 3.50. The van der Waals surface area contributed by atoms with Crippen LogP contribution in [-0.2, 0) is 10.0 Å². The summed E-state index contributed by atoms with van der Waals surface area (Å²) in [4.78, 5) is 16.6. The number of halogens is 1. The van der Waals surface area contributed by atoms with Crippen LogP contribution in [0.5, 0.6) is 0 Å². The van der Waals surface area contributed by atoms with Crippen molar-refractivity contribution in [2.45, 2.75) is 11.8 Å². The lowest BCUT2D eigenvalue weighted by molar-refractivity contribution is 0.102. The average Bonchev–Trinajstić information content (AvgIpc) is 2.94. The maximum Gasteiger partial charge on any atom is 0.258 e. The number of hydrogen-bond acceptors (Lipinski definition) is 5. The van der Waals surface area contributed by atoms with Gasteiger partial charge in [-0.2, -0.15) is 0 Å². The number of sulfonamides is 1. The first-order chi connectivity index (χ1) is 12.2. The molecular weight excluding hydrogens is 377 g/mol. The molecule has 0 aliphatic rings. The minimum Gasteiger partial charge on any atom is -0.322 e. The Morgan fingerprint density at radius 3 is 2.62 bits per heavy atom. The highest BCUT2D eigenvalue weighted by Gasteiger charge is 2.21. The minimum absolute atomic E-state index is 0.150. The summed E-state index contributed by atoms with van der Waals surface area (Å²) in [5.41, 5.74) is 0.954. The molecule has 1 heterocycles. The van der Waals surface area contributed by atoms with Gasteiger partial charge in [0.2, 0.25) is 10.0 Å². The summed E-state index contributed by atoms with van der Waals surface area (Å²) < 4.78 is 40.4. The van der Waals surface area contributed by atoms with Crippen molar-refractivity contribution in [3.05, 3.63) is 52.8 Å². The Balaban J connectivity index is 1.93. The van der Waals surface area contributed by atoms with Crippen LogP contribution in [0.2, 0.25) is 0 Å². The van der Waals surface area contributed by atoms with Gasteiger partial charge < -0.3 is 5.32 Å². The van der Waals surface area contributed by atoms with Crippen molar-refractivity contribution < 1.29 is 17.6 Å².